The van der Waals surface area contributed by atoms with Gasteiger partial charge in [-0.05, 0) is 6.08 Å². The lowest BCUT2D eigenvalue weighted by Gasteiger charge is -1.95. The Balaban J connectivity index is 2.46. The highest BCUT2D eigenvalue weighted by molar-refractivity contribution is 4.88. The molecular formula is C4H3NO. The van der Waals surface area contributed by atoms with Crippen LogP contribution in [0.1, 0.15) is 0 Å². The molecule has 2 heteroatoms. The molecule has 6 heavy (non-hydrogen) atoms. The summed E-state index contributed by atoms with van der Waals surface area (Å²) in [6.07, 6.45) is 8.20. The number of hydrogen-bond acceptors (Lipinski definition) is 2. The van der Waals surface area contributed by atoms with E-state index >= 15 is 0 Å². The predicted octanol–water partition coefficient (Wildman–Crippen LogP) is 0.155. The Morgan fingerprint density at radius 2 is 2.67 bits per heavy atom. The summed E-state index contributed by atoms with van der Waals surface area (Å²) in [5, 5.41) is 0. The van der Waals surface area contributed by atoms with Gasteiger partial charge in [0, 0.05) is 6.08 Å². The molecule has 0 saturated carbocycles. The van der Waals surface area contributed by atoms with E-state index in [1.165, 1.54) is 6.26 Å². The summed E-state index contributed by atoms with van der Waals surface area (Å²) < 4.78 is 0. The van der Waals surface area contributed by atoms with Crippen molar-refractivity contribution in [2.45, 2.75) is 0 Å². The molecule has 1 aliphatic heterocycles. The molecule has 0 bridgehead atoms. The summed E-state index contributed by atoms with van der Waals surface area (Å²) in [5.41, 5.74) is 2.34. The maximum atomic E-state index is 4.47. The van der Waals surface area contributed by atoms with Gasteiger partial charge in [-0.1, -0.05) is 0 Å². The fourth-order valence-corrected chi connectivity index (χ4v) is 0.203. The fourth-order valence-electron chi connectivity index (χ4n) is 0.203. The summed E-state index contributed by atoms with van der Waals surface area (Å²) in [6.45, 7) is 0. The van der Waals surface area contributed by atoms with Gasteiger partial charge in [0.1, 0.15) is 12.5 Å². The van der Waals surface area contributed by atoms with Crippen molar-refractivity contribution in [2.75, 3.05) is 0 Å². The summed E-state index contributed by atoms with van der Waals surface area (Å²) in [6, 6.07) is 0. The first kappa shape index (κ1) is 3.28. The van der Waals surface area contributed by atoms with Gasteiger partial charge in [0.2, 0.25) is 0 Å². The number of hydrogen-bond donors (Lipinski definition) is 1. The topological polar surface area (TPSA) is 21.3 Å². The second-order valence-electron chi connectivity index (χ2n) is 0.792. The molecule has 0 aromatic carbocycles. The maximum absolute atomic E-state index is 4.47. The standard InChI is InChI=1S/C4H3NO/c1-2-4-6-5-3-1/h2,4-5H. The lowest BCUT2D eigenvalue weighted by Crippen LogP contribution is -2.03. The zero-order chi connectivity index (χ0) is 4.24. The quantitative estimate of drug-likeness (QED) is 0.448. The van der Waals surface area contributed by atoms with Crippen LogP contribution in [-0.4, -0.2) is 0 Å². The van der Waals surface area contributed by atoms with E-state index in [0.717, 1.165) is 0 Å². The van der Waals surface area contributed by atoms with E-state index in [-0.39, 0.29) is 0 Å². The van der Waals surface area contributed by atoms with Crippen LogP contribution in [-0.2, 0) is 4.84 Å². The van der Waals surface area contributed by atoms with Crippen LogP contribution in [0.25, 0.3) is 0 Å². The summed E-state index contributed by atoms with van der Waals surface area (Å²) in [5.74, 6) is 0. The number of rotatable bonds is 0. The van der Waals surface area contributed by atoms with Gasteiger partial charge in [0.15, 0.2) is 0 Å². The summed E-state index contributed by atoms with van der Waals surface area (Å²) in [4.78, 5) is 4.47. The molecule has 2 nitrogen and oxygen atoms in total. The average molecular weight is 81.1 g/mol. The molecule has 1 rings (SSSR count). The summed E-state index contributed by atoms with van der Waals surface area (Å²) in [7, 11) is 0. The van der Waals surface area contributed by atoms with Crippen molar-refractivity contribution in [3.63, 3.8) is 0 Å². The molecule has 2 radical (unpaired) electrons. The van der Waals surface area contributed by atoms with Crippen LogP contribution in [0.2, 0.25) is 0 Å². The largest absolute Gasteiger partial charge is 0.390 e. The highest BCUT2D eigenvalue weighted by Gasteiger charge is 1.75. The molecule has 0 aromatic rings. The molecule has 1 N–H and O–H groups in total. The minimum absolute atomic E-state index is 1.48. The van der Waals surface area contributed by atoms with Crippen molar-refractivity contribution in [1.29, 1.82) is 0 Å². The smallest absolute Gasteiger partial charge is 0.119 e. The van der Waals surface area contributed by atoms with Gasteiger partial charge in [0.25, 0.3) is 0 Å². The minimum Gasteiger partial charge on any atom is -0.390 e. The van der Waals surface area contributed by atoms with E-state index in [0.29, 0.717) is 0 Å². The minimum atomic E-state index is 1.48. The van der Waals surface area contributed by atoms with Gasteiger partial charge in [-0.15, -0.1) is 0 Å². The molecule has 0 unspecified atom stereocenters. The molecule has 0 amide bonds. The third-order valence-electron chi connectivity index (χ3n) is 0.402. The first-order chi connectivity index (χ1) is 3.00. The fraction of sp³-hybridized carbons (Fsp3) is 0. The summed E-state index contributed by atoms with van der Waals surface area (Å²) >= 11 is 0. The van der Waals surface area contributed by atoms with Crippen molar-refractivity contribution in [3.8, 4) is 0 Å². The predicted molar refractivity (Wildman–Crippen MR) is 19.8 cm³/mol. The van der Waals surface area contributed by atoms with Crippen LogP contribution in [0, 0.1) is 12.3 Å². The Labute approximate surface area is 36.1 Å². The molecule has 0 spiro atoms. The molecule has 0 aliphatic carbocycles. The zero-order valence-electron chi connectivity index (χ0n) is 3.06. The van der Waals surface area contributed by atoms with E-state index < -0.39 is 0 Å². The van der Waals surface area contributed by atoms with Crippen LogP contribution in [0.15, 0.2) is 12.3 Å². The van der Waals surface area contributed by atoms with Crippen LogP contribution in [0.5, 0.6) is 0 Å². The highest BCUT2D eigenvalue weighted by atomic mass is 16.6. The normalized spacial score (nSPS) is 16.0. The van der Waals surface area contributed by atoms with Crippen molar-refractivity contribution >= 4 is 0 Å². The van der Waals surface area contributed by atoms with Crippen molar-refractivity contribution < 1.29 is 4.84 Å². The first-order valence-corrected chi connectivity index (χ1v) is 1.56. The Morgan fingerprint density at radius 3 is 2.83 bits per heavy atom. The highest BCUT2D eigenvalue weighted by Crippen LogP contribution is 1.78. The monoisotopic (exact) mass is 81.0 g/mol. The molecule has 1 aliphatic rings. The Morgan fingerprint density at radius 1 is 1.67 bits per heavy atom. The third kappa shape index (κ3) is 0.516. The number of allylic oxidation sites excluding steroid dienone is 2. The van der Waals surface area contributed by atoms with Gasteiger partial charge < -0.3 is 4.84 Å². The molecule has 0 atom stereocenters. The van der Waals surface area contributed by atoms with Gasteiger partial charge in [-0.25, -0.2) is 5.48 Å². The van der Waals surface area contributed by atoms with Crippen LogP contribution >= 0.6 is 0 Å². The second kappa shape index (κ2) is 1.50. The van der Waals surface area contributed by atoms with Crippen molar-refractivity contribution in [1.82, 2.24) is 5.48 Å². The van der Waals surface area contributed by atoms with Crippen LogP contribution < -0.4 is 5.48 Å². The number of nitrogens with one attached hydrogen (secondary N) is 1. The van der Waals surface area contributed by atoms with Crippen LogP contribution in [0.3, 0.4) is 0 Å². The van der Waals surface area contributed by atoms with E-state index in [1.807, 2.05) is 0 Å². The van der Waals surface area contributed by atoms with Gasteiger partial charge in [-0.2, -0.15) is 0 Å². The third-order valence-corrected chi connectivity index (χ3v) is 0.402. The Hall–Kier alpha value is -0.920. The molecular weight excluding hydrogens is 78.0 g/mol. The van der Waals surface area contributed by atoms with Gasteiger partial charge >= 0.3 is 0 Å². The molecule has 0 fully saturated rings. The van der Waals surface area contributed by atoms with Crippen molar-refractivity contribution in [2.24, 2.45) is 0 Å². The van der Waals surface area contributed by atoms with Crippen molar-refractivity contribution in [3.05, 3.63) is 24.6 Å². The number of hydroxylamine groups is 1. The average Bonchev–Trinajstić information content (AvgIpc) is 1.72. The molecule has 1 heterocycles. The lowest BCUT2D eigenvalue weighted by molar-refractivity contribution is 0.164. The maximum Gasteiger partial charge on any atom is 0.119 e. The van der Waals surface area contributed by atoms with Gasteiger partial charge in [-0.3, -0.25) is 0 Å². The van der Waals surface area contributed by atoms with Gasteiger partial charge in [0.05, 0.1) is 0 Å². The van der Waals surface area contributed by atoms with E-state index in [4.69, 9.17) is 0 Å². The zero-order valence-corrected chi connectivity index (χ0v) is 3.06. The van der Waals surface area contributed by atoms with E-state index in [9.17, 15) is 0 Å². The Kier molecular flexibility index (Phi) is 0.819. The molecule has 30 valence electrons. The lowest BCUT2D eigenvalue weighted by atomic mass is 10.6. The Bertz CT molecular complexity index is 73.5. The van der Waals surface area contributed by atoms with Crippen LogP contribution in [0.4, 0.5) is 0 Å². The van der Waals surface area contributed by atoms with E-state index in [2.05, 4.69) is 22.6 Å². The first-order valence-electron chi connectivity index (χ1n) is 1.56. The molecule has 0 aromatic heterocycles. The second-order valence-corrected chi connectivity index (χ2v) is 0.792. The van der Waals surface area contributed by atoms with E-state index in [1.54, 1.807) is 6.08 Å². The molecule has 0 saturated heterocycles. The SMILES string of the molecule is [C]1=[C]NOC=C1.